The number of nitrogens with two attached hydrogens (primary N) is 1. The molecule has 13 heavy (non-hydrogen) atoms. The maximum absolute atomic E-state index is 11.0. The Morgan fingerprint density at radius 2 is 2.15 bits per heavy atom. The molecule has 1 aliphatic rings. The molecule has 0 unspecified atom stereocenters. The largest absolute Gasteiger partial charge is 0.463 e. The molecule has 0 spiro atoms. The van der Waals surface area contributed by atoms with Gasteiger partial charge in [0.1, 0.15) is 0 Å². The van der Waals surface area contributed by atoms with E-state index in [1.54, 1.807) is 0 Å². The Bertz CT molecular complexity index is 166. The quantitative estimate of drug-likeness (QED) is 0.609. The number of aliphatic hydroxyl groups excluding tert-OH is 1. The number of ether oxygens (including phenoxy) is 1. The molecule has 0 aromatic heterocycles. The van der Waals surface area contributed by atoms with Crippen LogP contribution < -0.4 is 5.73 Å². The second-order valence-corrected chi connectivity index (χ2v) is 3.53. The predicted molar refractivity (Wildman–Crippen MR) is 48.0 cm³/mol. The monoisotopic (exact) mass is 187 g/mol. The summed E-state index contributed by atoms with van der Waals surface area (Å²) >= 11 is 0. The summed E-state index contributed by atoms with van der Waals surface area (Å²) in [6, 6.07) is 0. The first-order chi connectivity index (χ1) is 6.24. The van der Waals surface area contributed by atoms with E-state index < -0.39 is 12.1 Å². The van der Waals surface area contributed by atoms with E-state index in [0.29, 0.717) is 12.5 Å². The zero-order valence-corrected chi connectivity index (χ0v) is 7.74. The van der Waals surface area contributed by atoms with Crippen LogP contribution in [0.3, 0.4) is 0 Å². The molecule has 0 aromatic carbocycles. The zero-order valence-electron chi connectivity index (χ0n) is 7.74. The van der Waals surface area contributed by atoms with Crippen LogP contribution in [0.5, 0.6) is 0 Å². The van der Waals surface area contributed by atoms with Crippen LogP contribution in [0.1, 0.15) is 25.7 Å². The molecular formula is C9H17NO3. The van der Waals surface area contributed by atoms with Gasteiger partial charge in [-0.3, -0.25) is 0 Å². The van der Waals surface area contributed by atoms with Gasteiger partial charge in [0.05, 0.1) is 6.61 Å². The van der Waals surface area contributed by atoms with Crippen molar-refractivity contribution in [1.29, 1.82) is 0 Å². The number of carbonyl (C=O) groups excluding carboxylic acids is 1. The van der Waals surface area contributed by atoms with Crippen LogP contribution in [0.15, 0.2) is 0 Å². The minimum Gasteiger partial charge on any atom is -0.463 e. The molecule has 0 heterocycles. The fourth-order valence-electron chi connectivity index (χ4n) is 1.57. The Hall–Kier alpha value is -0.610. The topological polar surface area (TPSA) is 72.5 Å². The summed E-state index contributed by atoms with van der Waals surface area (Å²) in [6.07, 6.45) is 3.56. The third-order valence-electron chi connectivity index (χ3n) is 2.43. The Morgan fingerprint density at radius 3 is 2.69 bits per heavy atom. The molecule has 1 aliphatic carbocycles. The molecule has 1 rings (SSSR count). The van der Waals surface area contributed by atoms with Crippen molar-refractivity contribution in [2.75, 3.05) is 13.2 Å². The molecule has 3 N–H and O–H groups in total. The van der Waals surface area contributed by atoms with Gasteiger partial charge >= 0.3 is 5.97 Å². The van der Waals surface area contributed by atoms with Crippen LogP contribution >= 0.6 is 0 Å². The molecule has 4 nitrogen and oxygen atoms in total. The maximum atomic E-state index is 11.0. The Balaban J connectivity index is 2.13. The average Bonchev–Trinajstić information content (AvgIpc) is 2.65. The van der Waals surface area contributed by atoms with Crippen LogP contribution in [0, 0.1) is 5.92 Å². The van der Waals surface area contributed by atoms with Gasteiger partial charge in [-0.15, -0.1) is 0 Å². The van der Waals surface area contributed by atoms with E-state index in [1.165, 1.54) is 12.8 Å². The van der Waals surface area contributed by atoms with E-state index in [-0.39, 0.29) is 6.54 Å². The fraction of sp³-hybridized carbons (Fsp3) is 0.889. The number of carbonyl (C=O) groups is 1. The summed E-state index contributed by atoms with van der Waals surface area (Å²) in [5.41, 5.74) is 5.11. The van der Waals surface area contributed by atoms with Gasteiger partial charge in [-0.25, -0.2) is 4.79 Å². The van der Waals surface area contributed by atoms with E-state index in [4.69, 9.17) is 15.6 Å². The van der Waals surface area contributed by atoms with Crippen LogP contribution in [0.25, 0.3) is 0 Å². The Morgan fingerprint density at radius 1 is 1.54 bits per heavy atom. The third kappa shape index (κ3) is 3.32. The van der Waals surface area contributed by atoms with Crippen LogP contribution in [0.4, 0.5) is 0 Å². The van der Waals surface area contributed by atoms with E-state index in [1.807, 2.05) is 0 Å². The highest BCUT2D eigenvalue weighted by molar-refractivity contribution is 5.74. The number of hydrogen-bond acceptors (Lipinski definition) is 4. The van der Waals surface area contributed by atoms with Crippen LogP contribution in [-0.4, -0.2) is 30.3 Å². The van der Waals surface area contributed by atoms with E-state index in [2.05, 4.69) is 0 Å². The molecule has 0 aromatic rings. The molecule has 76 valence electrons. The molecule has 0 aliphatic heterocycles. The summed E-state index contributed by atoms with van der Waals surface area (Å²) in [4.78, 5) is 11.0. The summed E-state index contributed by atoms with van der Waals surface area (Å²) in [5.74, 6) is -0.0941. The molecule has 0 radical (unpaired) electrons. The van der Waals surface area contributed by atoms with Crippen molar-refractivity contribution in [3.05, 3.63) is 0 Å². The molecular weight excluding hydrogens is 170 g/mol. The first-order valence-corrected chi connectivity index (χ1v) is 4.79. The number of rotatable bonds is 4. The van der Waals surface area contributed by atoms with Crippen molar-refractivity contribution >= 4 is 5.97 Å². The first kappa shape index (κ1) is 10.5. The number of hydrogen-bond donors (Lipinski definition) is 2. The second-order valence-electron chi connectivity index (χ2n) is 3.53. The highest BCUT2D eigenvalue weighted by Crippen LogP contribution is 2.24. The van der Waals surface area contributed by atoms with E-state index >= 15 is 0 Å². The van der Waals surface area contributed by atoms with Crippen molar-refractivity contribution < 1.29 is 14.6 Å². The standard InChI is InChI=1S/C9H17NO3/c10-5-8(11)9(12)13-6-7-3-1-2-4-7/h7-8,11H,1-6,10H2/t8-/m0/s1. The lowest BCUT2D eigenvalue weighted by Crippen LogP contribution is -2.31. The van der Waals surface area contributed by atoms with E-state index in [0.717, 1.165) is 12.8 Å². The Kier molecular flexibility index (Phi) is 4.18. The lowest BCUT2D eigenvalue weighted by atomic mass is 10.1. The lowest BCUT2D eigenvalue weighted by molar-refractivity contribution is -0.154. The average molecular weight is 187 g/mol. The third-order valence-corrected chi connectivity index (χ3v) is 2.43. The second kappa shape index (κ2) is 5.19. The van der Waals surface area contributed by atoms with Crippen molar-refractivity contribution in [3.63, 3.8) is 0 Å². The van der Waals surface area contributed by atoms with Gasteiger partial charge in [0, 0.05) is 6.54 Å². The lowest BCUT2D eigenvalue weighted by Gasteiger charge is -2.12. The molecule has 1 atom stereocenters. The van der Waals surface area contributed by atoms with Crippen molar-refractivity contribution in [3.8, 4) is 0 Å². The van der Waals surface area contributed by atoms with Crippen LogP contribution in [0.2, 0.25) is 0 Å². The zero-order chi connectivity index (χ0) is 9.68. The molecule has 1 fully saturated rings. The van der Waals surface area contributed by atoms with Gasteiger partial charge in [-0.2, -0.15) is 0 Å². The SMILES string of the molecule is NC[C@H](O)C(=O)OCC1CCCC1. The molecule has 0 amide bonds. The Labute approximate surface area is 78.1 Å². The highest BCUT2D eigenvalue weighted by atomic mass is 16.5. The van der Waals surface area contributed by atoms with Gasteiger partial charge < -0.3 is 15.6 Å². The van der Waals surface area contributed by atoms with Gasteiger partial charge in [0.25, 0.3) is 0 Å². The highest BCUT2D eigenvalue weighted by Gasteiger charge is 2.19. The summed E-state index contributed by atoms with van der Waals surface area (Å²) in [7, 11) is 0. The molecule has 4 heteroatoms. The minimum absolute atomic E-state index is 0.0660. The summed E-state index contributed by atoms with van der Waals surface area (Å²) < 4.78 is 4.91. The minimum atomic E-state index is -1.15. The fourth-order valence-corrected chi connectivity index (χ4v) is 1.57. The predicted octanol–water partition coefficient (Wildman–Crippen LogP) is 0.0394. The van der Waals surface area contributed by atoms with Gasteiger partial charge in [-0.05, 0) is 18.8 Å². The number of aliphatic hydroxyl groups is 1. The molecule has 1 saturated carbocycles. The molecule has 0 bridgehead atoms. The first-order valence-electron chi connectivity index (χ1n) is 4.79. The smallest absolute Gasteiger partial charge is 0.336 e. The van der Waals surface area contributed by atoms with Crippen molar-refractivity contribution in [2.45, 2.75) is 31.8 Å². The molecule has 0 saturated heterocycles. The van der Waals surface area contributed by atoms with Gasteiger partial charge in [0.15, 0.2) is 6.10 Å². The van der Waals surface area contributed by atoms with Crippen LogP contribution in [-0.2, 0) is 9.53 Å². The van der Waals surface area contributed by atoms with E-state index in [9.17, 15) is 4.79 Å². The van der Waals surface area contributed by atoms with Crippen molar-refractivity contribution in [2.24, 2.45) is 11.7 Å². The van der Waals surface area contributed by atoms with Crippen molar-refractivity contribution in [1.82, 2.24) is 0 Å². The van der Waals surface area contributed by atoms with Gasteiger partial charge in [-0.1, -0.05) is 12.8 Å². The summed E-state index contributed by atoms with van der Waals surface area (Å²) in [6.45, 7) is 0.374. The van der Waals surface area contributed by atoms with Gasteiger partial charge in [0.2, 0.25) is 0 Å². The number of esters is 1. The normalized spacial score (nSPS) is 20.2. The maximum Gasteiger partial charge on any atom is 0.336 e. The summed E-state index contributed by atoms with van der Waals surface area (Å²) in [5, 5.41) is 9.00.